The first-order valence-corrected chi connectivity index (χ1v) is 8.08. The Kier molecular flexibility index (Phi) is 5.02. The Morgan fingerprint density at radius 3 is 2.91 bits per heavy atom. The fourth-order valence-corrected chi connectivity index (χ4v) is 2.52. The molecule has 1 N–H and O–H groups in total. The van der Waals surface area contributed by atoms with E-state index in [4.69, 9.17) is 4.74 Å². The van der Waals surface area contributed by atoms with Gasteiger partial charge in [-0.15, -0.1) is 15.3 Å². The Hall–Kier alpha value is -2.22. The average molecular weight is 318 g/mol. The van der Waals surface area contributed by atoms with Gasteiger partial charge in [0.1, 0.15) is 5.82 Å². The molecule has 1 fully saturated rings. The highest BCUT2D eigenvalue weighted by atomic mass is 16.5. The van der Waals surface area contributed by atoms with Gasteiger partial charge in [0.05, 0.1) is 13.2 Å². The summed E-state index contributed by atoms with van der Waals surface area (Å²) >= 11 is 0. The van der Waals surface area contributed by atoms with Crippen molar-refractivity contribution in [2.24, 2.45) is 0 Å². The number of aryl methyl sites for hydroxylation is 1. The van der Waals surface area contributed by atoms with Crippen LogP contribution in [0.25, 0.3) is 5.65 Å². The molecule has 1 aliphatic rings. The lowest BCUT2D eigenvalue weighted by Crippen LogP contribution is -2.37. The van der Waals surface area contributed by atoms with Crippen molar-refractivity contribution in [3.8, 4) is 0 Å². The second-order valence-corrected chi connectivity index (χ2v) is 5.53. The van der Waals surface area contributed by atoms with Crippen LogP contribution in [0.1, 0.15) is 25.6 Å². The Balaban J connectivity index is 1.71. The molecule has 0 saturated carbocycles. The Morgan fingerprint density at radius 1 is 1.30 bits per heavy atom. The average Bonchev–Trinajstić information content (AvgIpc) is 3.01. The first-order valence-electron chi connectivity index (χ1n) is 8.08. The van der Waals surface area contributed by atoms with E-state index >= 15 is 0 Å². The number of aromatic nitrogens is 4. The molecule has 0 radical (unpaired) electrons. The fraction of sp³-hybridized carbons (Fsp3) is 0.600. The number of morpholine rings is 1. The van der Waals surface area contributed by atoms with Crippen LogP contribution in [0, 0.1) is 0 Å². The maximum Gasteiger partial charge on any atom is 0.220 e. The highest BCUT2D eigenvalue weighted by molar-refractivity contribution is 5.76. The zero-order chi connectivity index (χ0) is 16.1. The van der Waals surface area contributed by atoms with Crippen LogP contribution in [0.5, 0.6) is 0 Å². The Labute approximate surface area is 134 Å². The molecule has 0 atom stereocenters. The predicted octanol–water partition coefficient (Wildman–Crippen LogP) is 0.420. The van der Waals surface area contributed by atoms with Gasteiger partial charge >= 0.3 is 0 Å². The highest BCUT2D eigenvalue weighted by Gasteiger charge is 2.15. The van der Waals surface area contributed by atoms with Crippen LogP contribution in [-0.2, 0) is 16.0 Å². The van der Waals surface area contributed by atoms with Crippen molar-refractivity contribution in [3.05, 3.63) is 18.0 Å². The van der Waals surface area contributed by atoms with Gasteiger partial charge in [-0.3, -0.25) is 4.79 Å². The topological polar surface area (TPSA) is 84.7 Å². The molecule has 23 heavy (non-hydrogen) atoms. The van der Waals surface area contributed by atoms with E-state index < -0.39 is 0 Å². The van der Waals surface area contributed by atoms with Gasteiger partial charge in [-0.1, -0.05) is 6.92 Å². The number of amides is 1. The summed E-state index contributed by atoms with van der Waals surface area (Å²) in [5, 5.41) is 15.8. The van der Waals surface area contributed by atoms with Crippen LogP contribution in [0.15, 0.2) is 12.1 Å². The van der Waals surface area contributed by atoms with Crippen molar-refractivity contribution in [2.45, 2.75) is 26.2 Å². The van der Waals surface area contributed by atoms with Crippen LogP contribution in [0.2, 0.25) is 0 Å². The predicted molar refractivity (Wildman–Crippen MR) is 85.4 cm³/mol. The minimum atomic E-state index is 0.0351. The third-order valence-corrected chi connectivity index (χ3v) is 3.80. The SMILES string of the molecule is CCCNC(=O)CCc1nnc2ccc(N3CCOCC3)nn12. The third-order valence-electron chi connectivity index (χ3n) is 3.80. The van der Waals surface area contributed by atoms with Gasteiger partial charge in [-0.25, -0.2) is 0 Å². The summed E-state index contributed by atoms with van der Waals surface area (Å²) in [4.78, 5) is 13.9. The lowest BCUT2D eigenvalue weighted by molar-refractivity contribution is -0.121. The largest absolute Gasteiger partial charge is 0.378 e. The molecule has 124 valence electrons. The summed E-state index contributed by atoms with van der Waals surface area (Å²) in [5.74, 6) is 1.63. The van der Waals surface area contributed by atoms with Crippen molar-refractivity contribution in [3.63, 3.8) is 0 Å². The van der Waals surface area contributed by atoms with E-state index in [1.165, 1.54) is 0 Å². The summed E-state index contributed by atoms with van der Waals surface area (Å²) < 4.78 is 7.10. The molecule has 1 amide bonds. The first kappa shape index (κ1) is 15.7. The van der Waals surface area contributed by atoms with Crippen LogP contribution in [0.3, 0.4) is 0 Å². The molecule has 1 saturated heterocycles. The summed E-state index contributed by atoms with van der Waals surface area (Å²) in [7, 11) is 0. The maximum absolute atomic E-state index is 11.7. The minimum Gasteiger partial charge on any atom is -0.378 e. The van der Waals surface area contributed by atoms with Crippen LogP contribution < -0.4 is 10.2 Å². The number of nitrogens with one attached hydrogen (secondary N) is 1. The maximum atomic E-state index is 11.7. The van der Waals surface area contributed by atoms with Crippen molar-refractivity contribution < 1.29 is 9.53 Å². The molecule has 8 heteroatoms. The lowest BCUT2D eigenvalue weighted by atomic mass is 10.3. The van der Waals surface area contributed by atoms with E-state index in [0.717, 1.165) is 25.3 Å². The zero-order valence-corrected chi connectivity index (χ0v) is 13.4. The Bertz CT molecular complexity index is 665. The number of anilines is 1. The van der Waals surface area contributed by atoms with E-state index in [1.807, 2.05) is 19.1 Å². The number of hydrogen-bond donors (Lipinski definition) is 1. The molecule has 2 aromatic rings. The first-order chi connectivity index (χ1) is 11.3. The van der Waals surface area contributed by atoms with Crippen LogP contribution >= 0.6 is 0 Å². The molecule has 3 rings (SSSR count). The molecular formula is C15H22N6O2. The smallest absolute Gasteiger partial charge is 0.220 e. The number of carbonyl (C=O) groups excluding carboxylic acids is 1. The number of hydrogen-bond acceptors (Lipinski definition) is 6. The number of carbonyl (C=O) groups is 1. The van der Waals surface area contributed by atoms with E-state index in [1.54, 1.807) is 4.52 Å². The van der Waals surface area contributed by atoms with Crippen molar-refractivity contribution in [2.75, 3.05) is 37.7 Å². The van der Waals surface area contributed by atoms with Crippen molar-refractivity contribution in [1.29, 1.82) is 0 Å². The van der Waals surface area contributed by atoms with E-state index in [0.29, 0.717) is 44.1 Å². The molecule has 0 aliphatic carbocycles. The normalized spacial score (nSPS) is 15.1. The van der Waals surface area contributed by atoms with Gasteiger partial charge in [0.2, 0.25) is 5.91 Å². The molecule has 0 aromatic carbocycles. The van der Waals surface area contributed by atoms with E-state index in [9.17, 15) is 4.79 Å². The molecule has 0 bridgehead atoms. The molecule has 8 nitrogen and oxygen atoms in total. The third kappa shape index (κ3) is 3.76. The molecule has 2 aromatic heterocycles. The molecule has 0 unspecified atom stereocenters. The van der Waals surface area contributed by atoms with Gasteiger partial charge < -0.3 is 15.0 Å². The van der Waals surface area contributed by atoms with Gasteiger partial charge in [0.15, 0.2) is 11.5 Å². The lowest BCUT2D eigenvalue weighted by Gasteiger charge is -2.27. The zero-order valence-electron chi connectivity index (χ0n) is 13.4. The Morgan fingerprint density at radius 2 is 2.13 bits per heavy atom. The van der Waals surface area contributed by atoms with Crippen LogP contribution in [0.4, 0.5) is 5.82 Å². The van der Waals surface area contributed by atoms with Gasteiger partial charge in [0, 0.05) is 32.5 Å². The number of fused-ring (bicyclic) bond motifs is 1. The van der Waals surface area contributed by atoms with E-state index in [-0.39, 0.29) is 5.91 Å². The van der Waals surface area contributed by atoms with Crippen molar-refractivity contribution in [1.82, 2.24) is 25.1 Å². The summed E-state index contributed by atoms with van der Waals surface area (Å²) in [5.41, 5.74) is 0.700. The summed E-state index contributed by atoms with van der Waals surface area (Å²) in [6.45, 7) is 5.83. The molecular weight excluding hydrogens is 296 g/mol. The highest BCUT2D eigenvalue weighted by Crippen LogP contribution is 2.14. The van der Waals surface area contributed by atoms with Crippen molar-refractivity contribution >= 4 is 17.4 Å². The molecule has 0 spiro atoms. The second-order valence-electron chi connectivity index (χ2n) is 5.53. The number of nitrogens with zero attached hydrogens (tertiary/aromatic N) is 5. The number of rotatable bonds is 6. The van der Waals surface area contributed by atoms with Gasteiger partial charge in [-0.2, -0.15) is 4.52 Å². The van der Waals surface area contributed by atoms with E-state index in [2.05, 4.69) is 25.5 Å². The standard InChI is InChI=1S/C15H22N6O2/c1-2-7-16-15(22)6-5-13-18-17-12-3-4-14(19-21(12)13)20-8-10-23-11-9-20/h3-4H,2,5-11H2,1H3,(H,16,22). The summed E-state index contributed by atoms with van der Waals surface area (Å²) in [6, 6.07) is 3.86. The fourth-order valence-electron chi connectivity index (χ4n) is 2.52. The second kappa shape index (κ2) is 7.36. The monoisotopic (exact) mass is 318 g/mol. The van der Waals surface area contributed by atoms with Crippen LogP contribution in [-0.4, -0.2) is 58.6 Å². The van der Waals surface area contributed by atoms with Gasteiger partial charge in [-0.05, 0) is 18.6 Å². The number of ether oxygens (including phenoxy) is 1. The van der Waals surface area contributed by atoms with Gasteiger partial charge in [0.25, 0.3) is 0 Å². The molecule has 3 heterocycles. The molecule has 1 aliphatic heterocycles. The summed E-state index contributed by atoms with van der Waals surface area (Å²) in [6.07, 6.45) is 1.85. The minimum absolute atomic E-state index is 0.0351. The quantitative estimate of drug-likeness (QED) is 0.831.